The normalized spacial score (nSPS) is 17.1. The topological polar surface area (TPSA) is 92.7 Å². The van der Waals surface area contributed by atoms with Gasteiger partial charge in [-0.1, -0.05) is 6.92 Å². The Morgan fingerprint density at radius 1 is 1.38 bits per heavy atom. The molecule has 2 fully saturated rings. The van der Waals surface area contributed by atoms with Crippen LogP contribution in [0.2, 0.25) is 0 Å². The molecule has 2 heterocycles. The van der Waals surface area contributed by atoms with Crippen molar-refractivity contribution < 1.29 is 4.79 Å². The fourth-order valence-corrected chi connectivity index (χ4v) is 2.91. The third-order valence-corrected chi connectivity index (χ3v) is 4.69. The first-order valence-corrected chi connectivity index (χ1v) is 8.57. The molecule has 24 heavy (non-hydrogen) atoms. The van der Waals surface area contributed by atoms with E-state index in [1.165, 1.54) is 0 Å². The highest BCUT2D eigenvalue weighted by Gasteiger charge is 2.32. The van der Waals surface area contributed by atoms with E-state index in [1.54, 1.807) is 4.68 Å². The molecule has 1 amide bonds. The van der Waals surface area contributed by atoms with Crippen molar-refractivity contribution in [1.82, 2.24) is 19.7 Å². The highest BCUT2D eigenvalue weighted by atomic mass is 16.2. The number of hydrogen-bond donors (Lipinski definition) is 2. The number of anilines is 1. The van der Waals surface area contributed by atoms with Crippen molar-refractivity contribution in [1.29, 1.82) is 0 Å². The molecule has 0 unspecified atom stereocenters. The van der Waals surface area contributed by atoms with Gasteiger partial charge in [0.25, 0.3) is 5.56 Å². The lowest BCUT2D eigenvalue weighted by Crippen LogP contribution is -2.22. The average molecular weight is 327 g/mol. The largest absolute Gasteiger partial charge is 0.310 e. The maximum absolute atomic E-state index is 12.2. The van der Waals surface area contributed by atoms with E-state index >= 15 is 0 Å². The summed E-state index contributed by atoms with van der Waals surface area (Å²) >= 11 is 0. The minimum Gasteiger partial charge on any atom is -0.310 e. The lowest BCUT2D eigenvalue weighted by atomic mass is 10.2. The molecule has 0 spiro atoms. The van der Waals surface area contributed by atoms with E-state index in [0.717, 1.165) is 31.4 Å². The van der Waals surface area contributed by atoms with Gasteiger partial charge in [0, 0.05) is 29.2 Å². The molecule has 2 aromatic rings. The lowest BCUT2D eigenvalue weighted by molar-refractivity contribution is -0.117. The molecule has 2 saturated carbocycles. The molecular formula is C17H21N5O2. The van der Waals surface area contributed by atoms with Crippen molar-refractivity contribution in [2.24, 2.45) is 5.92 Å². The summed E-state index contributed by atoms with van der Waals surface area (Å²) in [4.78, 5) is 31.7. The number of carbonyl (C=O) groups is 1. The first-order chi connectivity index (χ1) is 11.6. The summed E-state index contributed by atoms with van der Waals surface area (Å²) in [5.41, 5.74) is 2.17. The summed E-state index contributed by atoms with van der Waals surface area (Å²) in [6, 6.07) is 1.90. The average Bonchev–Trinajstić information content (AvgIpc) is 3.44. The van der Waals surface area contributed by atoms with Crippen molar-refractivity contribution >= 4 is 11.7 Å². The second kappa shape index (κ2) is 5.58. The number of amides is 1. The Balaban J connectivity index is 1.75. The third-order valence-electron chi connectivity index (χ3n) is 4.69. The maximum Gasteiger partial charge on any atom is 0.255 e. The summed E-state index contributed by atoms with van der Waals surface area (Å²) < 4.78 is 1.56. The van der Waals surface area contributed by atoms with E-state index in [0.29, 0.717) is 35.4 Å². The monoisotopic (exact) mass is 327 g/mol. The van der Waals surface area contributed by atoms with Gasteiger partial charge in [0.2, 0.25) is 11.9 Å². The van der Waals surface area contributed by atoms with Crippen LogP contribution in [0.4, 0.5) is 5.82 Å². The first-order valence-electron chi connectivity index (χ1n) is 8.57. The molecule has 0 atom stereocenters. The van der Waals surface area contributed by atoms with Crippen molar-refractivity contribution in [3.63, 3.8) is 0 Å². The number of carbonyl (C=O) groups excluding carboxylic acids is 1. The van der Waals surface area contributed by atoms with Crippen LogP contribution in [0.1, 0.15) is 55.5 Å². The Hall–Kier alpha value is -2.44. The Morgan fingerprint density at radius 3 is 2.71 bits per heavy atom. The maximum atomic E-state index is 12.2. The Kier molecular flexibility index (Phi) is 3.51. The lowest BCUT2D eigenvalue weighted by Gasteiger charge is -2.09. The Morgan fingerprint density at radius 2 is 2.12 bits per heavy atom. The van der Waals surface area contributed by atoms with Gasteiger partial charge in [0.05, 0.1) is 5.69 Å². The number of H-pyrrole nitrogens is 1. The van der Waals surface area contributed by atoms with Gasteiger partial charge in [-0.3, -0.25) is 14.6 Å². The molecular weight excluding hydrogens is 306 g/mol. The van der Waals surface area contributed by atoms with E-state index in [4.69, 9.17) is 0 Å². The molecule has 2 aliphatic carbocycles. The summed E-state index contributed by atoms with van der Waals surface area (Å²) in [7, 11) is 0. The minimum atomic E-state index is -0.150. The second-order valence-electron chi connectivity index (χ2n) is 6.71. The fraction of sp³-hybridized carbons (Fsp3) is 0.529. The molecule has 0 bridgehead atoms. The number of aryl methyl sites for hydroxylation is 1. The number of hydrogen-bond acceptors (Lipinski definition) is 4. The van der Waals surface area contributed by atoms with Crippen molar-refractivity contribution in [2.75, 3.05) is 5.32 Å². The standard InChI is InChI=1S/C17H21N5O2/c1-3-12-9(2)18-17(20-16(12)24)22-14(19-15(23)11-6-7-11)8-13(21-22)10-4-5-10/h8,10-11H,3-7H2,1-2H3,(H,19,23)(H,18,20,24). The quantitative estimate of drug-likeness (QED) is 0.879. The van der Waals surface area contributed by atoms with E-state index < -0.39 is 0 Å². The van der Waals surface area contributed by atoms with Crippen LogP contribution in [0.25, 0.3) is 5.95 Å². The number of nitrogens with zero attached hydrogens (tertiary/aromatic N) is 3. The van der Waals surface area contributed by atoms with Crippen LogP contribution >= 0.6 is 0 Å². The van der Waals surface area contributed by atoms with Crippen LogP contribution in [0.5, 0.6) is 0 Å². The van der Waals surface area contributed by atoms with Gasteiger partial charge in [-0.2, -0.15) is 9.78 Å². The third kappa shape index (κ3) is 2.74. The Labute approximate surface area is 139 Å². The van der Waals surface area contributed by atoms with Crippen molar-refractivity contribution in [3.8, 4) is 5.95 Å². The summed E-state index contributed by atoms with van der Waals surface area (Å²) in [6.07, 6.45) is 4.74. The first kappa shape index (κ1) is 15.1. The molecule has 2 aliphatic rings. The summed E-state index contributed by atoms with van der Waals surface area (Å²) in [5, 5.41) is 7.52. The van der Waals surface area contributed by atoms with E-state index in [2.05, 4.69) is 20.4 Å². The van der Waals surface area contributed by atoms with Crippen molar-refractivity contribution in [3.05, 3.63) is 33.4 Å². The molecule has 4 rings (SSSR count). The zero-order chi connectivity index (χ0) is 16.8. The summed E-state index contributed by atoms with van der Waals surface area (Å²) in [5.74, 6) is 1.51. The minimum absolute atomic E-state index is 0.0164. The zero-order valence-corrected chi connectivity index (χ0v) is 13.9. The molecule has 0 saturated heterocycles. The van der Waals surface area contributed by atoms with Gasteiger partial charge in [-0.25, -0.2) is 4.98 Å². The van der Waals surface area contributed by atoms with Crippen LogP contribution in [-0.4, -0.2) is 25.7 Å². The predicted octanol–water partition coefficient (Wildman–Crippen LogP) is 2.05. The summed E-state index contributed by atoms with van der Waals surface area (Å²) in [6.45, 7) is 3.75. The van der Waals surface area contributed by atoms with Gasteiger partial charge >= 0.3 is 0 Å². The highest BCUT2D eigenvalue weighted by molar-refractivity contribution is 5.93. The number of rotatable bonds is 5. The smallest absolute Gasteiger partial charge is 0.255 e. The number of nitrogens with one attached hydrogen (secondary N) is 2. The Bertz CT molecular complexity index is 858. The van der Waals surface area contributed by atoms with Crippen LogP contribution in [0, 0.1) is 12.8 Å². The van der Waals surface area contributed by atoms with Crippen LogP contribution in [-0.2, 0) is 11.2 Å². The van der Waals surface area contributed by atoms with Gasteiger partial charge in [-0.15, -0.1) is 0 Å². The van der Waals surface area contributed by atoms with Gasteiger partial charge in [-0.05, 0) is 39.0 Å². The van der Waals surface area contributed by atoms with Crippen LogP contribution in [0.3, 0.4) is 0 Å². The number of aromatic amines is 1. The molecule has 0 radical (unpaired) electrons. The van der Waals surface area contributed by atoms with E-state index in [9.17, 15) is 9.59 Å². The highest BCUT2D eigenvalue weighted by Crippen LogP contribution is 2.40. The zero-order valence-electron chi connectivity index (χ0n) is 13.9. The molecule has 7 heteroatoms. The van der Waals surface area contributed by atoms with Crippen molar-refractivity contribution in [2.45, 2.75) is 51.9 Å². The molecule has 2 N–H and O–H groups in total. The second-order valence-corrected chi connectivity index (χ2v) is 6.71. The van der Waals surface area contributed by atoms with Gasteiger partial charge < -0.3 is 5.32 Å². The SMILES string of the molecule is CCc1c(C)nc(-n2nc(C3CC3)cc2NC(=O)C2CC2)[nH]c1=O. The molecule has 126 valence electrons. The van der Waals surface area contributed by atoms with Crippen LogP contribution in [0.15, 0.2) is 10.9 Å². The molecule has 0 aliphatic heterocycles. The van der Waals surface area contributed by atoms with Crippen LogP contribution < -0.4 is 10.9 Å². The van der Waals surface area contributed by atoms with Gasteiger partial charge in [0.1, 0.15) is 5.82 Å². The fourth-order valence-electron chi connectivity index (χ4n) is 2.91. The number of aromatic nitrogens is 4. The van der Waals surface area contributed by atoms with Gasteiger partial charge in [0.15, 0.2) is 0 Å². The van der Waals surface area contributed by atoms with E-state index in [1.807, 2.05) is 19.9 Å². The molecule has 0 aromatic carbocycles. The van der Waals surface area contributed by atoms with E-state index in [-0.39, 0.29) is 17.4 Å². The molecule has 7 nitrogen and oxygen atoms in total. The molecule has 2 aromatic heterocycles. The predicted molar refractivity (Wildman–Crippen MR) is 89.4 cm³/mol.